The topological polar surface area (TPSA) is 127 Å². The predicted octanol–water partition coefficient (Wildman–Crippen LogP) is 4.47. The van der Waals surface area contributed by atoms with Crippen LogP contribution in [0.25, 0.3) is 0 Å². The van der Waals surface area contributed by atoms with Gasteiger partial charge in [0.1, 0.15) is 0 Å². The van der Waals surface area contributed by atoms with Crippen LogP contribution in [0.15, 0.2) is 77.7 Å². The lowest BCUT2D eigenvalue weighted by molar-refractivity contribution is -0.384. The highest BCUT2D eigenvalue weighted by Crippen LogP contribution is 2.34. The van der Waals surface area contributed by atoms with E-state index in [2.05, 4.69) is 5.32 Å². The third kappa shape index (κ3) is 5.28. The number of nitrogens with one attached hydrogen (secondary N) is 1. The summed E-state index contributed by atoms with van der Waals surface area (Å²) in [5.74, 6) is -1.24. The van der Waals surface area contributed by atoms with Crippen molar-refractivity contribution >= 4 is 52.3 Å². The quantitative estimate of drug-likeness (QED) is 0.224. The summed E-state index contributed by atoms with van der Waals surface area (Å²) >= 11 is 1.24. The van der Waals surface area contributed by atoms with E-state index in [0.717, 1.165) is 9.80 Å². The molecule has 35 heavy (non-hydrogen) atoms. The summed E-state index contributed by atoms with van der Waals surface area (Å²) in [4.78, 5) is 61.5. The van der Waals surface area contributed by atoms with Crippen molar-refractivity contribution < 1.29 is 24.1 Å². The number of nitro benzene ring substituents is 1. The second kappa shape index (κ2) is 9.90. The number of anilines is 2. The molecule has 0 aromatic heterocycles. The van der Waals surface area contributed by atoms with E-state index in [1.807, 2.05) is 0 Å². The molecule has 3 amide bonds. The van der Waals surface area contributed by atoms with Crippen LogP contribution in [0.5, 0.6) is 0 Å². The molecule has 1 N–H and O–H groups in total. The SMILES string of the molecule is CC(=O)c1ccc(N2C(=O)CC(Sc3ccc(NC(=O)c4cccc([N+](=O)[O-])c4)cc3)C2=O)cc1. The predicted molar refractivity (Wildman–Crippen MR) is 131 cm³/mol. The Hall–Kier alpha value is -4.31. The van der Waals surface area contributed by atoms with Gasteiger partial charge >= 0.3 is 0 Å². The van der Waals surface area contributed by atoms with E-state index in [4.69, 9.17) is 0 Å². The number of hydrogen-bond acceptors (Lipinski definition) is 7. The van der Waals surface area contributed by atoms with Crippen LogP contribution < -0.4 is 10.2 Å². The molecule has 3 aromatic rings. The number of carbonyl (C=O) groups is 4. The normalized spacial score (nSPS) is 15.2. The molecule has 1 aliphatic rings. The number of hydrogen-bond donors (Lipinski definition) is 1. The Kier molecular flexibility index (Phi) is 6.74. The van der Waals surface area contributed by atoms with Crippen molar-refractivity contribution in [3.8, 4) is 0 Å². The highest BCUT2D eigenvalue weighted by Gasteiger charge is 2.40. The van der Waals surface area contributed by atoms with Gasteiger partial charge in [0.2, 0.25) is 11.8 Å². The number of non-ortho nitro benzene ring substituents is 1. The van der Waals surface area contributed by atoms with Gasteiger partial charge in [-0.05, 0) is 61.5 Å². The van der Waals surface area contributed by atoms with Crippen LogP contribution in [0.3, 0.4) is 0 Å². The van der Waals surface area contributed by atoms with E-state index in [9.17, 15) is 29.3 Å². The standard InChI is InChI=1S/C25H19N3O6S/c1-15(29)16-5-9-19(10-6-16)27-23(30)14-22(25(27)32)35-21-11-7-18(8-12-21)26-24(31)17-3-2-4-20(13-17)28(33)34/h2-13,22H,14H2,1H3,(H,26,31). The van der Waals surface area contributed by atoms with Crippen LogP contribution in [0.1, 0.15) is 34.1 Å². The molecule has 1 aliphatic heterocycles. The number of benzene rings is 3. The molecule has 4 rings (SSSR count). The Morgan fingerprint density at radius 2 is 1.69 bits per heavy atom. The maximum Gasteiger partial charge on any atom is 0.270 e. The van der Waals surface area contributed by atoms with Gasteiger partial charge in [0.05, 0.1) is 15.9 Å². The van der Waals surface area contributed by atoms with E-state index in [0.29, 0.717) is 16.9 Å². The Morgan fingerprint density at radius 3 is 2.31 bits per heavy atom. The first kappa shape index (κ1) is 23.8. The van der Waals surface area contributed by atoms with Gasteiger partial charge in [-0.25, -0.2) is 4.90 Å². The molecule has 1 saturated heterocycles. The van der Waals surface area contributed by atoms with Crippen molar-refractivity contribution in [1.29, 1.82) is 0 Å². The molecule has 1 atom stereocenters. The maximum atomic E-state index is 12.9. The number of imide groups is 1. The summed E-state index contributed by atoms with van der Waals surface area (Å²) in [7, 11) is 0. The van der Waals surface area contributed by atoms with Gasteiger partial charge in [-0.15, -0.1) is 11.8 Å². The van der Waals surface area contributed by atoms with Crippen LogP contribution in [-0.2, 0) is 9.59 Å². The van der Waals surface area contributed by atoms with Crippen LogP contribution in [0.2, 0.25) is 0 Å². The minimum atomic E-state index is -0.597. The molecule has 0 saturated carbocycles. The van der Waals surface area contributed by atoms with Crippen LogP contribution in [-0.4, -0.2) is 33.7 Å². The van der Waals surface area contributed by atoms with Crippen molar-refractivity contribution in [2.24, 2.45) is 0 Å². The number of carbonyl (C=O) groups excluding carboxylic acids is 4. The fourth-order valence-electron chi connectivity index (χ4n) is 3.56. The average molecular weight is 490 g/mol. The molecule has 1 heterocycles. The fourth-order valence-corrected chi connectivity index (χ4v) is 4.61. The molecule has 0 radical (unpaired) electrons. The maximum absolute atomic E-state index is 12.9. The lowest BCUT2D eigenvalue weighted by Crippen LogP contribution is -2.31. The molecule has 10 heteroatoms. The molecule has 9 nitrogen and oxygen atoms in total. The molecule has 0 bridgehead atoms. The Morgan fingerprint density at radius 1 is 1.00 bits per heavy atom. The van der Waals surface area contributed by atoms with E-state index in [1.54, 1.807) is 48.5 Å². The number of thioether (sulfide) groups is 1. The molecule has 1 fully saturated rings. The van der Waals surface area contributed by atoms with Gasteiger partial charge in [0.15, 0.2) is 5.78 Å². The molecule has 0 spiro atoms. The number of ketones is 1. The van der Waals surface area contributed by atoms with Crippen molar-refractivity contribution in [2.45, 2.75) is 23.5 Å². The van der Waals surface area contributed by atoms with Gasteiger partial charge < -0.3 is 5.32 Å². The molecule has 176 valence electrons. The second-order valence-electron chi connectivity index (χ2n) is 7.77. The minimum Gasteiger partial charge on any atom is -0.322 e. The van der Waals surface area contributed by atoms with E-state index >= 15 is 0 Å². The fraction of sp³-hybridized carbons (Fsp3) is 0.120. The Bertz CT molecular complexity index is 1340. The average Bonchev–Trinajstić information content (AvgIpc) is 3.12. The zero-order chi connectivity index (χ0) is 25.1. The van der Waals surface area contributed by atoms with Gasteiger partial charge in [0, 0.05) is 40.3 Å². The van der Waals surface area contributed by atoms with Gasteiger partial charge in [0.25, 0.3) is 11.6 Å². The smallest absolute Gasteiger partial charge is 0.270 e. The largest absolute Gasteiger partial charge is 0.322 e. The number of amides is 3. The molecule has 0 aliphatic carbocycles. The summed E-state index contributed by atoms with van der Waals surface area (Å²) in [5.41, 5.74) is 1.38. The summed E-state index contributed by atoms with van der Waals surface area (Å²) in [6, 6.07) is 18.5. The van der Waals surface area contributed by atoms with Crippen molar-refractivity contribution in [3.63, 3.8) is 0 Å². The van der Waals surface area contributed by atoms with Gasteiger partial charge in [-0.3, -0.25) is 29.3 Å². The lowest BCUT2D eigenvalue weighted by Gasteiger charge is -2.15. The molecule has 1 unspecified atom stereocenters. The highest BCUT2D eigenvalue weighted by molar-refractivity contribution is 8.00. The van der Waals surface area contributed by atoms with E-state index < -0.39 is 16.1 Å². The number of nitro groups is 1. The van der Waals surface area contributed by atoms with Crippen LogP contribution in [0.4, 0.5) is 17.1 Å². The first-order valence-corrected chi connectivity index (χ1v) is 11.4. The third-order valence-electron chi connectivity index (χ3n) is 5.35. The monoisotopic (exact) mass is 489 g/mol. The first-order valence-electron chi connectivity index (χ1n) is 10.5. The Labute approximate surface area is 204 Å². The summed E-state index contributed by atoms with van der Waals surface area (Å²) < 4.78 is 0. The highest BCUT2D eigenvalue weighted by atomic mass is 32.2. The zero-order valence-corrected chi connectivity index (χ0v) is 19.3. The van der Waals surface area contributed by atoms with E-state index in [-0.39, 0.29) is 35.3 Å². The zero-order valence-electron chi connectivity index (χ0n) is 18.5. The van der Waals surface area contributed by atoms with Crippen molar-refractivity contribution in [2.75, 3.05) is 10.2 Å². The number of nitrogens with zero attached hydrogens (tertiary/aromatic N) is 2. The van der Waals surface area contributed by atoms with Crippen LogP contribution >= 0.6 is 11.8 Å². The summed E-state index contributed by atoms with van der Waals surface area (Å²) in [6.07, 6.45) is 0.0449. The van der Waals surface area contributed by atoms with Crippen LogP contribution in [0, 0.1) is 10.1 Å². The number of rotatable bonds is 7. The molecular formula is C25H19N3O6S. The lowest BCUT2D eigenvalue weighted by atomic mass is 10.1. The van der Waals surface area contributed by atoms with Gasteiger partial charge in [-0.1, -0.05) is 6.07 Å². The molecule has 3 aromatic carbocycles. The summed E-state index contributed by atoms with van der Waals surface area (Å²) in [5, 5.41) is 13.0. The summed E-state index contributed by atoms with van der Waals surface area (Å²) in [6.45, 7) is 1.44. The molecular weight excluding hydrogens is 470 g/mol. The Balaban J connectivity index is 1.40. The number of Topliss-reactive ketones (excluding diaryl/α,β-unsaturated/α-hetero) is 1. The van der Waals surface area contributed by atoms with Gasteiger partial charge in [-0.2, -0.15) is 0 Å². The minimum absolute atomic E-state index is 0.0449. The van der Waals surface area contributed by atoms with Crippen molar-refractivity contribution in [3.05, 3.63) is 94.0 Å². The van der Waals surface area contributed by atoms with Crippen molar-refractivity contribution in [1.82, 2.24) is 0 Å². The third-order valence-corrected chi connectivity index (χ3v) is 6.54. The first-order chi connectivity index (χ1) is 16.7. The van der Waals surface area contributed by atoms with E-state index in [1.165, 1.54) is 43.0 Å². The second-order valence-corrected chi connectivity index (χ2v) is 9.04.